The average Bonchev–Trinajstić information content (AvgIpc) is 3.02. The van der Waals surface area contributed by atoms with Gasteiger partial charge < -0.3 is 5.32 Å². The second-order valence-corrected chi connectivity index (χ2v) is 12.1. The molecule has 0 fully saturated rings. The summed E-state index contributed by atoms with van der Waals surface area (Å²) in [4.78, 5) is 4.75. The number of anilines is 1. The minimum Gasteiger partial charge on any atom is -0.355 e. The van der Waals surface area contributed by atoms with Gasteiger partial charge in [-0.05, 0) is 35.6 Å². The van der Waals surface area contributed by atoms with Gasteiger partial charge in [0.1, 0.15) is 0 Å². The summed E-state index contributed by atoms with van der Waals surface area (Å²) in [7, 11) is -2.53. The molecule has 6 aromatic rings. The largest absolute Gasteiger partial charge is 0.355 e. The number of nitrogens with one attached hydrogen (secondary N) is 1. The topological polar surface area (TPSA) is 37.3 Å². The predicted molar refractivity (Wildman–Crippen MR) is 167 cm³/mol. The monoisotopic (exact) mass is 521 g/mol. The lowest BCUT2D eigenvalue weighted by molar-refractivity contribution is 1.40. The summed E-state index contributed by atoms with van der Waals surface area (Å²) in [6, 6.07) is 52.4. The fraction of sp³-hybridized carbons (Fsp3) is 0. The summed E-state index contributed by atoms with van der Waals surface area (Å²) in [6.07, 6.45) is 1.84. The third kappa shape index (κ3) is 5.31. The first-order valence-electron chi connectivity index (χ1n) is 13.0. The summed E-state index contributed by atoms with van der Waals surface area (Å²) in [5.74, 6) is 2.36. The Morgan fingerprint density at radius 1 is 0.590 bits per heavy atom. The maximum atomic E-state index is 5.70. The lowest BCUT2D eigenvalue weighted by atomic mass is 10.1. The van der Waals surface area contributed by atoms with E-state index in [2.05, 4.69) is 132 Å². The number of benzene rings is 5. The molecule has 3 nitrogen and oxygen atoms in total. The molecule has 0 unspecified atom stereocenters. The first kappa shape index (κ1) is 24.6. The standard InChI is InChI=1S/C35H28N3P/c1-5-15-28(16-6-1)34(37-30-19-7-2-8-20-30)27-39(31-21-9-3-10-22-31,32-23-11-4-12-24-32)38-33-25-13-17-29-18-14-26-36-35(29)33/h1-27,37H/b34-27-. The number of aromatic nitrogens is 1. The SMILES string of the molecule is C(=C(/Nc1ccccc1)c1ccccc1)/P(=Nc1cccc2cccnc12)(c1ccccc1)c1ccccc1. The van der Waals surface area contributed by atoms with Gasteiger partial charge in [-0.25, -0.2) is 0 Å². The smallest absolute Gasteiger partial charge is 0.0957 e. The molecule has 0 atom stereocenters. The van der Waals surface area contributed by atoms with Crippen molar-refractivity contribution in [3.05, 3.63) is 169 Å². The Morgan fingerprint density at radius 3 is 1.79 bits per heavy atom. The highest BCUT2D eigenvalue weighted by atomic mass is 31.2. The molecule has 188 valence electrons. The molecule has 0 aliphatic heterocycles. The van der Waals surface area contributed by atoms with Crippen molar-refractivity contribution in [2.45, 2.75) is 0 Å². The number of rotatable bonds is 7. The van der Waals surface area contributed by atoms with Gasteiger partial charge in [0, 0.05) is 33.6 Å². The van der Waals surface area contributed by atoms with E-state index in [4.69, 9.17) is 9.73 Å². The highest BCUT2D eigenvalue weighted by molar-refractivity contribution is 7.83. The van der Waals surface area contributed by atoms with Crippen LogP contribution in [0.25, 0.3) is 16.6 Å². The van der Waals surface area contributed by atoms with Gasteiger partial charge in [0.2, 0.25) is 0 Å². The molecule has 39 heavy (non-hydrogen) atoms. The van der Waals surface area contributed by atoms with E-state index in [0.717, 1.165) is 33.5 Å². The van der Waals surface area contributed by atoms with Gasteiger partial charge in [0.05, 0.1) is 18.3 Å². The molecule has 0 saturated heterocycles. The van der Waals surface area contributed by atoms with E-state index in [1.54, 1.807) is 0 Å². The van der Waals surface area contributed by atoms with Crippen LogP contribution in [0.2, 0.25) is 0 Å². The van der Waals surface area contributed by atoms with Gasteiger partial charge >= 0.3 is 0 Å². The molecule has 0 aliphatic rings. The second-order valence-electron chi connectivity index (χ2n) is 9.21. The molecule has 4 heteroatoms. The van der Waals surface area contributed by atoms with Crippen LogP contribution in [0.15, 0.2) is 168 Å². The summed E-state index contributed by atoms with van der Waals surface area (Å²) in [6.45, 7) is 0. The van der Waals surface area contributed by atoms with E-state index in [1.807, 2.05) is 36.5 Å². The van der Waals surface area contributed by atoms with Crippen LogP contribution in [0.4, 0.5) is 11.4 Å². The summed E-state index contributed by atoms with van der Waals surface area (Å²) in [5, 5.41) is 7.15. The van der Waals surface area contributed by atoms with Crippen molar-refractivity contribution in [2.75, 3.05) is 5.32 Å². The molecule has 1 N–H and O–H groups in total. The van der Waals surface area contributed by atoms with E-state index in [-0.39, 0.29) is 0 Å². The Morgan fingerprint density at radius 2 is 1.15 bits per heavy atom. The van der Waals surface area contributed by atoms with Gasteiger partial charge in [-0.1, -0.05) is 127 Å². The highest BCUT2D eigenvalue weighted by Crippen LogP contribution is 2.54. The molecule has 0 radical (unpaired) electrons. The van der Waals surface area contributed by atoms with Crippen molar-refractivity contribution >= 4 is 45.6 Å². The number of nitrogens with zero attached hydrogens (tertiary/aromatic N) is 2. The number of hydrogen-bond donors (Lipinski definition) is 1. The zero-order chi connectivity index (χ0) is 26.3. The van der Waals surface area contributed by atoms with Crippen LogP contribution in [0.1, 0.15) is 5.56 Å². The molecule has 0 amide bonds. The molecule has 1 heterocycles. The third-order valence-corrected chi connectivity index (χ3v) is 9.96. The molecule has 1 aromatic heterocycles. The maximum Gasteiger partial charge on any atom is 0.0957 e. The van der Waals surface area contributed by atoms with E-state index in [0.29, 0.717) is 0 Å². The Labute approximate surface area is 229 Å². The highest BCUT2D eigenvalue weighted by Gasteiger charge is 2.25. The Bertz CT molecular complexity index is 1720. The fourth-order valence-corrected chi connectivity index (χ4v) is 7.98. The number of fused-ring (bicyclic) bond motifs is 1. The fourth-order valence-electron chi connectivity index (χ4n) is 4.75. The molecular formula is C35H28N3P. The first-order chi connectivity index (χ1) is 19.3. The van der Waals surface area contributed by atoms with Crippen LogP contribution in [0.5, 0.6) is 0 Å². The van der Waals surface area contributed by atoms with Crippen LogP contribution < -0.4 is 15.9 Å². The molecule has 0 bridgehead atoms. The summed E-state index contributed by atoms with van der Waals surface area (Å²) >= 11 is 0. The number of para-hydroxylation sites is 2. The Hall–Kier alpha value is -4.72. The molecule has 5 aromatic carbocycles. The second kappa shape index (κ2) is 11.3. The van der Waals surface area contributed by atoms with Crippen molar-refractivity contribution in [1.29, 1.82) is 0 Å². The molecule has 0 aliphatic carbocycles. The minimum atomic E-state index is -2.53. The van der Waals surface area contributed by atoms with Gasteiger partial charge in [0.25, 0.3) is 0 Å². The van der Waals surface area contributed by atoms with Crippen molar-refractivity contribution in [1.82, 2.24) is 4.98 Å². The van der Waals surface area contributed by atoms with E-state index in [9.17, 15) is 0 Å². The normalized spacial score (nSPS) is 11.7. The number of hydrogen-bond acceptors (Lipinski definition) is 3. The van der Waals surface area contributed by atoms with Crippen molar-refractivity contribution in [3.8, 4) is 0 Å². The molecule has 0 spiro atoms. The van der Waals surface area contributed by atoms with Gasteiger partial charge in [0.15, 0.2) is 0 Å². The molecular weight excluding hydrogens is 493 g/mol. The van der Waals surface area contributed by atoms with Gasteiger partial charge in [-0.3, -0.25) is 9.73 Å². The Balaban J connectivity index is 1.72. The minimum absolute atomic E-state index is 0.887. The van der Waals surface area contributed by atoms with Crippen LogP contribution in [0, 0.1) is 0 Å². The van der Waals surface area contributed by atoms with E-state index < -0.39 is 7.05 Å². The maximum absolute atomic E-state index is 5.70. The van der Waals surface area contributed by atoms with E-state index in [1.165, 1.54) is 10.6 Å². The van der Waals surface area contributed by atoms with Crippen LogP contribution >= 0.6 is 7.05 Å². The van der Waals surface area contributed by atoms with E-state index >= 15 is 0 Å². The average molecular weight is 522 g/mol. The number of pyridine rings is 1. The predicted octanol–water partition coefficient (Wildman–Crippen LogP) is 8.83. The third-order valence-electron chi connectivity index (χ3n) is 6.63. The lowest BCUT2D eigenvalue weighted by Crippen LogP contribution is -2.15. The Kier molecular flexibility index (Phi) is 7.16. The summed E-state index contributed by atoms with van der Waals surface area (Å²) < 4.78 is 5.70. The summed E-state index contributed by atoms with van der Waals surface area (Å²) in [5.41, 5.74) is 4.93. The van der Waals surface area contributed by atoms with Gasteiger partial charge in [-0.15, -0.1) is 0 Å². The van der Waals surface area contributed by atoms with Crippen LogP contribution in [-0.4, -0.2) is 4.98 Å². The molecule has 6 rings (SSSR count). The lowest BCUT2D eigenvalue weighted by Gasteiger charge is -2.25. The van der Waals surface area contributed by atoms with Crippen molar-refractivity contribution in [3.63, 3.8) is 0 Å². The van der Waals surface area contributed by atoms with Crippen molar-refractivity contribution < 1.29 is 0 Å². The van der Waals surface area contributed by atoms with Crippen LogP contribution in [-0.2, 0) is 0 Å². The van der Waals surface area contributed by atoms with Crippen LogP contribution in [0.3, 0.4) is 0 Å². The van der Waals surface area contributed by atoms with Gasteiger partial charge in [-0.2, -0.15) is 0 Å². The zero-order valence-electron chi connectivity index (χ0n) is 21.4. The zero-order valence-corrected chi connectivity index (χ0v) is 22.3. The quantitative estimate of drug-likeness (QED) is 0.213. The van der Waals surface area contributed by atoms with Crippen molar-refractivity contribution in [2.24, 2.45) is 4.74 Å². The first-order valence-corrected chi connectivity index (χ1v) is 14.8. The molecule has 0 saturated carbocycles.